The average Bonchev–Trinajstić information content (AvgIpc) is 2.83. The summed E-state index contributed by atoms with van der Waals surface area (Å²) in [6.07, 6.45) is 7.68. The van der Waals surface area contributed by atoms with Crippen LogP contribution in [0.15, 0.2) is 12.1 Å². The number of rotatable bonds is 3. The molecule has 5 aliphatic rings. The van der Waals surface area contributed by atoms with E-state index in [2.05, 4.69) is 21.2 Å². The summed E-state index contributed by atoms with van der Waals surface area (Å²) in [5, 5.41) is 3.76. The summed E-state index contributed by atoms with van der Waals surface area (Å²) in [5.41, 5.74) is 0.763. The van der Waals surface area contributed by atoms with E-state index in [9.17, 15) is 4.79 Å². The second-order valence-corrected chi connectivity index (χ2v) is 11.1. The standard InChI is InChI=1S/C21H25BrClNO3/c22-21-9-14-4-15(10-21)8-20(7-14,12-21)19(25)24-11-13-5-16(23)18-17(6-13)26-2-1-3-27-18/h5-6,14-15H,1-4,7-12H2,(H,24,25). The first-order valence-electron chi connectivity index (χ1n) is 10.0. The lowest BCUT2D eigenvalue weighted by Gasteiger charge is -2.59. The molecule has 1 heterocycles. The van der Waals surface area contributed by atoms with E-state index in [0.717, 1.165) is 31.2 Å². The third-order valence-electron chi connectivity index (χ3n) is 6.79. The molecule has 6 heteroatoms. The molecule has 146 valence electrons. The summed E-state index contributed by atoms with van der Waals surface area (Å²) in [6, 6.07) is 3.82. The molecule has 4 saturated carbocycles. The van der Waals surface area contributed by atoms with Crippen molar-refractivity contribution in [2.75, 3.05) is 13.2 Å². The fourth-order valence-corrected chi connectivity index (χ4v) is 7.91. The molecular formula is C21H25BrClNO3. The summed E-state index contributed by atoms with van der Waals surface area (Å²) in [6.45, 7) is 1.71. The van der Waals surface area contributed by atoms with Crippen molar-refractivity contribution in [2.45, 2.75) is 55.8 Å². The third-order valence-corrected chi connectivity index (χ3v) is 7.99. The van der Waals surface area contributed by atoms with Crippen molar-refractivity contribution < 1.29 is 14.3 Å². The van der Waals surface area contributed by atoms with Crippen LogP contribution in [0, 0.1) is 17.3 Å². The van der Waals surface area contributed by atoms with E-state index in [-0.39, 0.29) is 15.6 Å². The normalized spacial score (nSPS) is 36.4. The molecule has 1 aromatic carbocycles. The summed E-state index contributed by atoms with van der Waals surface area (Å²) >= 11 is 10.4. The van der Waals surface area contributed by atoms with Crippen molar-refractivity contribution in [1.29, 1.82) is 0 Å². The van der Waals surface area contributed by atoms with Crippen LogP contribution in [0.5, 0.6) is 11.5 Å². The average molecular weight is 455 g/mol. The molecule has 4 nitrogen and oxygen atoms in total. The minimum Gasteiger partial charge on any atom is -0.489 e. The maximum absolute atomic E-state index is 13.2. The van der Waals surface area contributed by atoms with Gasteiger partial charge in [-0.05, 0) is 68.1 Å². The van der Waals surface area contributed by atoms with Gasteiger partial charge in [0, 0.05) is 17.3 Å². The van der Waals surface area contributed by atoms with Crippen LogP contribution >= 0.6 is 27.5 Å². The van der Waals surface area contributed by atoms with Crippen LogP contribution in [0.3, 0.4) is 0 Å². The second kappa shape index (κ2) is 6.55. The highest BCUT2D eigenvalue weighted by Gasteiger charge is 2.59. The Morgan fingerprint density at radius 2 is 1.93 bits per heavy atom. The maximum atomic E-state index is 13.2. The number of hydrogen-bond donors (Lipinski definition) is 1. The highest BCUT2D eigenvalue weighted by atomic mass is 79.9. The zero-order chi connectivity index (χ0) is 18.6. The first-order valence-corrected chi connectivity index (χ1v) is 11.2. The van der Waals surface area contributed by atoms with Crippen molar-refractivity contribution in [3.05, 3.63) is 22.7 Å². The van der Waals surface area contributed by atoms with E-state index in [1.807, 2.05) is 12.1 Å². The van der Waals surface area contributed by atoms with Gasteiger partial charge in [0.15, 0.2) is 11.5 Å². The van der Waals surface area contributed by atoms with Crippen molar-refractivity contribution in [2.24, 2.45) is 17.3 Å². The molecule has 2 atom stereocenters. The van der Waals surface area contributed by atoms with Gasteiger partial charge in [0.05, 0.1) is 23.7 Å². The number of nitrogens with one attached hydrogen (secondary N) is 1. The fraction of sp³-hybridized carbons (Fsp3) is 0.667. The first kappa shape index (κ1) is 18.1. The van der Waals surface area contributed by atoms with Crippen LogP contribution in [0.1, 0.15) is 50.5 Å². The molecule has 4 bridgehead atoms. The SMILES string of the molecule is O=C(NCc1cc(Cl)c2c(c1)OCCCO2)C12CC3CC(CC(Br)(C3)C1)C2. The first-order chi connectivity index (χ1) is 12.9. The largest absolute Gasteiger partial charge is 0.489 e. The number of carbonyl (C=O) groups excluding carboxylic acids is 1. The number of alkyl halides is 1. The van der Waals surface area contributed by atoms with Gasteiger partial charge in [0.2, 0.25) is 5.91 Å². The highest BCUT2D eigenvalue weighted by Crippen LogP contribution is 2.64. The lowest BCUT2D eigenvalue weighted by molar-refractivity contribution is -0.144. The number of carbonyl (C=O) groups is 1. The van der Waals surface area contributed by atoms with Crippen LogP contribution < -0.4 is 14.8 Å². The third kappa shape index (κ3) is 3.25. The zero-order valence-corrected chi connectivity index (χ0v) is 17.7. The minimum absolute atomic E-state index is 0.187. The Morgan fingerprint density at radius 1 is 1.19 bits per heavy atom. The topological polar surface area (TPSA) is 47.6 Å². The lowest BCUT2D eigenvalue weighted by atomic mass is 9.49. The molecule has 0 saturated heterocycles. The number of ether oxygens (including phenoxy) is 2. The molecule has 27 heavy (non-hydrogen) atoms. The predicted octanol–water partition coefficient (Wildman–Crippen LogP) is 4.85. The van der Waals surface area contributed by atoms with Crippen molar-refractivity contribution in [3.63, 3.8) is 0 Å². The van der Waals surface area contributed by atoms with Gasteiger partial charge in [-0.15, -0.1) is 0 Å². The number of amides is 1. The van der Waals surface area contributed by atoms with Gasteiger partial charge in [0.1, 0.15) is 0 Å². The van der Waals surface area contributed by atoms with Gasteiger partial charge in [-0.25, -0.2) is 0 Å². The van der Waals surface area contributed by atoms with Gasteiger partial charge in [-0.1, -0.05) is 27.5 Å². The van der Waals surface area contributed by atoms with Crippen molar-refractivity contribution in [3.8, 4) is 11.5 Å². The quantitative estimate of drug-likeness (QED) is 0.664. The van der Waals surface area contributed by atoms with E-state index in [1.165, 1.54) is 19.3 Å². The van der Waals surface area contributed by atoms with E-state index < -0.39 is 0 Å². The smallest absolute Gasteiger partial charge is 0.226 e. The van der Waals surface area contributed by atoms with E-state index in [0.29, 0.717) is 48.1 Å². The second-order valence-electron chi connectivity index (χ2n) is 9.03. The molecule has 0 aromatic heterocycles. The van der Waals surface area contributed by atoms with Crippen LogP contribution in [0.25, 0.3) is 0 Å². The van der Waals surface area contributed by atoms with Crippen LogP contribution in [-0.2, 0) is 11.3 Å². The van der Waals surface area contributed by atoms with Gasteiger partial charge in [0.25, 0.3) is 0 Å². The van der Waals surface area contributed by atoms with Crippen LogP contribution in [-0.4, -0.2) is 23.4 Å². The predicted molar refractivity (Wildman–Crippen MR) is 108 cm³/mol. The van der Waals surface area contributed by atoms with Gasteiger partial charge in [-0.2, -0.15) is 0 Å². The molecule has 1 aromatic rings. The van der Waals surface area contributed by atoms with Crippen LogP contribution in [0.4, 0.5) is 0 Å². The van der Waals surface area contributed by atoms with Gasteiger partial charge < -0.3 is 14.8 Å². The molecule has 6 rings (SSSR count). The van der Waals surface area contributed by atoms with Gasteiger partial charge >= 0.3 is 0 Å². The van der Waals surface area contributed by atoms with E-state index >= 15 is 0 Å². The Hall–Kier alpha value is -0.940. The molecule has 2 unspecified atom stereocenters. The molecule has 4 fully saturated rings. The zero-order valence-electron chi connectivity index (χ0n) is 15.4. The summed E-state index contributed by atoms with van der Waals surface area (Å²) in [4.78, 5) is 13.2. The monoisotopic (exact) mass is 453 g/mol. The maximum Gasteiger partial charge on any atom is 0.226 e. The number of benzene rings is 1. The van der Waals surface area contributed by atoms with Crippen LogP contribution in [0.2, 0.25) is 5.02 Å². The number of fused-ring (bicyclic) bond motifs is 1. The molecule has 0 radical (unpaired) electrons. The molecule has 4 aliphatic carbocycles. The fourth-order valence-electron chi connectivity index (χ4n) is 6.17. The Labute approximate surface area is 173 Å². The van der Waals surface area contributed by atoms with E-state index in [4.69, 9.17) is 21.1 Å². The summed E-state index contributed by atoms with van der Waals surface area (Å²) in [7, 11) is 0. The summed E-state index contributed by atoms with van der Waals surface area (Å²) in [5.74, 6) is 2.90. The molecule has 1 amide bonds. The number of halogens is 2. The molecule has 0 spiro atoms. The van der Waals surface area contributed by atoms with Gasteiger partial charge in [-0.3, -0.25) is 4.79 Å². The molecule has 1 aliphatic heterocycles. The Bertz CT molecular complexity index is 769. The molecular weight excluding hydrogens is 430 g/mol. The highest BCUT2D eigenvalue weighted by molar-refractivity contribution is 9.10. The van der Waals surface area contributed by atoms with E-state index in [1.54, 1.807) is 0 Å². The Kier molecular flexibility index (Phi) is 4.39. The van der Waals surface area contributed by atoms with Crippen molar-refractivity contribution in [1.82, 2.24) is 5.32 Å². The number of hydrogen-bond acceptors (Lipinski definition) is 3. The summed E-state index contributed by atoms with van der Waals surface area (Å²) < 4.78 is 11.6. The molecule has 1 N–H and O–H groups in total. The Balaban J connectivity index is 1.31. The lowest BCUT2D eigenvalue weighted by Crippen LogP contribution is -2.58. The Morgan fingerprint density at radius 3 is 2.67 bits per heavy atom. The van der Waals surface area contributed by atoms with Crippen molar-refractivity contribution >= 4 is 33.4 Å². The minimum atomic E-state index is -0.192.